The van der Waals surface area contributed by atoms with E-state index >= 15 is 0 Å². The summed E-state index contributed by atoms with van der Waals surface area (Å²) in [7, 11) is 3.23. The van der Waals surface area contributed by atoms with Gasteiger partial charge in [-0.1, -0.05) is 6.07 Å². The Morgan fingerprint density at radius 2 is 2.14 bits per heavy atom. The molecule has 118 valence electrons. The number of aromatic nitrogens is 2. The molecular weight excluding hydrogens is 284 g/mol. The summed E-state index contributed by atoms with van der Waals surface area (Å²) in [6.45, 7) is 2.08. The lowest BCUT2D eigenvalue weighted by atomic mass is 10.3. The van der Waals surface area contributed by atoms with E-state index in [4.69, 9.17) is 9.47 Å². The third kappa shape index (κ3) is 3.90. The van der Waals surface area contributed by atoms with Gasteiger partial charge in [0.15, 0.2) is 0 Å². The maximum atomic E-state index is 12.6. The molecule has 0 fully saturated rings. The molecule has 7 nitrogen and oxygen atoms in total. The molecular formula is C15H20N4O3. The van der Waals surface area contributed by atoms with Crippen molar-refractivity contribution < 1.29 is 9.47 Å². The van der Waals surface area contributed by atoms with E-state index in [1.54, 1.807) is 38.8 Å². The average Bonchev–Trinajstić information content (AvgIpc) is 2.54. The van der Waals surface area contributed by atoms with Crippen LogP contribution in [0.1, 0.15) is 5.56 Å². The molecule has 0 bridgehead atoms. The number of rotatable bonds is 8. The molecule has 0 aliphatic carbocycles. The SMILES string of the molecule is COCCN=Cc1c(NCCOC)nc2ccccn2c1=O. The molecule has 0 saturated heterocycles. The van der Waals surface area contributed by atoms with Gasteiger partial charge in [-0.2, -0.15) is 0 Å². The molecule has 2 aromatic heterocycles. The summed E-state index contributed by atoms with van der Waals surface area (Å²) in [6, 6.07) is 5.42. The molecule has 0 radical (unpaired) electrons. The Morgan fingerprint density at radius 3 is 2.91 bits per heavy atom. The van der Waals surface area contributed by atoms with Crippen LogP contribution in [0, 0.1) is 0 Å². The van der Waals surface area contributed by atoms with Crippen LogP contribution in [0.4, 0.5) is 5.82 Å². The first-order chi connectivity index (χ1) is 10.8. The fourth-order valence-corrected chi connectivity index (χ4v) is 1.93. The number of anilines is 1. The molecule has 2 heterocycles. The van der Waals surface area contributed by atoms with Crippen LogP contribution >= 0.6 is 0 Å². The minimum absolute atomic E-state index is 0.160. The van der Waals surface area contributed by atoms with Crippen molar-refractivity contribution in [3.05, 3.63) is 40.3 Å². The zero-order valence-corrected chi connectivity index (χ0v) is 12.8. The van der Waals surface area contributed by atoms with E-state index in [1.165, 1.54) is 4.40 Å². The third-order valence-electron chi connectivity index (χ3n) is 3.01. The van der Waals surface area contributed by atoms with Gasteiger partial charge in [0, 0.05) is 33.2 Å². The predicted octanol–water partition coefficient (Wildman–Crippen LogP) is 0.818. The number of aliphatic imine (C=N–C) groups is 1. The highest BCUT2D eigenvalue weighted by Gasteiger charge is 2.10. The minimum Gasteiger partial charge on any atom is -0.383 e. The van der Waals surface area contributed by atoms with Gasteiger partial charge >= 0.3 is 0 Å². The summed E-state index contributed by atoms with van der Waals surface area (Å²) in [5.41, 5.74) is 0.851. The van der Waals surface area contributed by atoms with Crippen molar-refractivity contribution in [2.24, 2.45) is 4.99 Å². The van der Waals surface area contributed by atoms with Crippen LogP contribution in [0.25, 0.3) is 5.65 Å². The van der Waals surface area contributed by atoms with Crippen molar-refractivity contribution in [3.8, 4) is 0 Å². The van der Waals surface area contributed by atoms with Crippen molar-refractivity contribution >= 4 is 17.7 Å². The van der Waals surface area contributed by atoms with Gasteiger partial charge < -0.3 is 14.8 Å². The molecule has 0 atom stereocenters. The van der Waals surface area contributed by atoms with Crippen molar-refractivity contribution in [2.75, 3.05) is 45.8 Å². The Hall–Kier alpha value is -2.25. The first kappa shape index (κ1) is 16.1. The third-order valence-corrected chi connectivity index (χ3v) is 3.01. The lowest BCUT2D eigenvalue weighted by Crippen LogP contribution is -2.23. The van der Waals surface area contributed by atoms with E-state index in [0.29, 0.717) is 43.3 Å². The lowest BCUT2D eigenvalue weighted by Gasteiger charge is -2.10. The van der Waals surface area contributed by atoms with Crippen molar-refractivity contribution in [2.45, 2.75) is 0 Å². The number of nitrogens with zero attached hydrogens (tertiary/aromatic N) is 3. The summed E-state index contributed by atoms with van der Waals surface area (Å²) in [5.74, 6) is 0.509. The van der Waals surface area contributed by atoms with E-state index in [2.05, 4.69) is 15.3 Å². The number of fused-ring (bicyclic) bond motifs is 1. The van der Waals surface area contributed by atoms with Gasteiger partial charge in [-0.3, -0.25) is 14.2 Å². The number of pyridine rings is 1. The fraction of sp³-hybridized carbons (Fsp3) is 0.400. The largest absolute Gasteiger partial charge is 0.383 e. The maximum absolute atomic E-state index is 12.6. The Labute approximate surface area is 128 Å². The summed E-state index contributed by atoms with van der Waals surface area (Å²) in [6.07, 6.45) is 3.24. The second kappa shape index (κ2) is 8.26. The van der Waals surface area contributed by atoms with E-state index < -0.39 is 0 Å². The molecule has 0 unspecified atom stereocenters. The highest BCUT2D eigenvalue weighted by atomic mass is 16.5. The molecule has 0 amide bonds. The minimum atomic E-state index is -0.160. The molecule has 0 aliphatic rings. The molecule has 2 rings (SSSR count). The Balaban J connectivity index is 2.39. The molecule has 22 heavy (non-hydrogen) atoms. The number of methoxy groups -OCH3 is 2. The quantitative estimate of drug-likeness (QED) is 0.577. The molecule has 0 aromatic carbocycles. The van der Waals surface area contributed by atoms with Crippen LogP contribution in [0.2, 0.25) is 0 Å². The number of hydrogen-bond donors (Lipinski definition) is 1. The van der Waals surface area contributed by atoms with Gasteiger partial charge in [0.2, 0.25) is 0 Å². The van der Waals surface area contributed by atoms with E-state index in [0.717, 1.165) is 0 Å². The highest BCUT2D eigenvalue weighted by molar-refractivity contribution is 5.86. The van der Waals surface area contributed by atoms with Crippen molar-refractivity contribution in [1.82, 2.24) is 9.38 Å². The summed E-state index contributed by atoms with van der Waals surface area (Å²) in [4.78, 5) is 21.3. The normalized spacial score (nSPS) is 11.4. The van der Waals surface area contributed by atoms with Crippen LogP contribution in [0.15, 0.2) is 34.2 Å². The number of nitrogens with one attached hydrogen (secondary N) is 1. The zero-order chi connectivity index (χ0) is 15.8. The summed E-state index contributed by atoms with van der Waals surface area (Å²) in [5, 5.41) is 3.12. The van der Waals surface area contributed by atoms with E-state index in [-0.39, 0.29) is 5.56 Å². The van der Waals surface area contributed by atoms with Crippen LogP contribution in [-0.2, 0) is 9.47 Å². The van der Waals surface area contributed by atoms with Gasteiger partial charge in [0.25, 0.3) is 5.56 Å². The monoisotopic (exact) mass is 304 g/mol. The van der Waals surface area contributed by atoms with Crippen molar-refractivity contribution in [3.63, 3.8) is 0 Å². The smallest absolute Gasteiger partial charge is 0.268 e. The predicted molar refractivity (Wildman–Crippen MR) is 86.2 cm³/mol. The second-order valence-corrected chi connectivity index (χ2v) is 4.56. The Morgan fingerprint density at radius 1 is 1.32 bits per heavy atom. The zero-order valence-electron chi connectivity index (χ0n) is 12.8. The first-order valence-electron chi connectivity index (χ1n) is 7.01. The molecule has 0 saturated carbocycles. The number of ether oxygens (including phenoxy) is 2. The Kier molecular flexibility index (Phi) is 6.05. The van der Waals surface area contributed by atoms with Crippen LogP contribution in [0.3, 0.4) is 0 Å². The second-order valence-electron chi connectivity index (χ2n) is 4.56. The van der Waals surface area contributed by atoms with Crippen LogP contribution < -0.4 is 10.9 Å². The van der Waals surface area contributed by atoms with Gasteiger partial charge in [-0.25, -0.2) is 4.98 Å². The first-order valence-corrected chi connectivity index (χ1v) is 7.01. The van der Waals surface area contributed by atoms with Crippen molar-refractivity contribution in [1.29, 1.82) is 0 Å². The molecule has 1 N–H and O–H groups in total. The Bertz CT molecular complexity index is 697. The topological polar surface area (TPSA) is 77.2 Å². The molecule has 0 spiro atoms. The van der Waals surface area contributed by atoms with Gasteiger partial charge in [0.1, 0.15) is 17.0 Å². The number of hydrogen-bond acceptors (Lipinski definition) is 6. The fourth-order valence-electron chi connectivity index (χ4n) is 1.93. The van der Waals surface area contributed by atoms with E-state index in [1.807, 2.05) is 6.07 Å². The molecule has 2 aromatic rings. The summed E-state index contributed by atoms with van der Waals surface area (Å²) < 4.78 is 11.5. The van der Waals surface area contributed by atoms with Gasteiger partial charge in [0.05, 0.1) is 19.8 Å². The van der Waals surface area contributed by atoms with Crippen LogP contribution in [0.5, 0.6) is 0 Å². The summed E-state index contributed by atoms with van der Waals surface area (Å²) >= 11 is 0. The highest BCUT2D eigenvalue weighted by Crippen LogP contribution is 2.08. The molecule has 7 heteroatoms. The van der Waals surface area contributed by atoms with Crippen LogP contribution in [-0.4, -0.2) is 56.1 Å². The average molecular weight is 304 g/mol. The van der Waals surface area contributed by atoms with Gasteiger partial charge in [-0.15, -0.1) is 0 Å². The van der Waals surface area contributed by atoms with E-state index in [9.17, 15) is 4.79 Å². The molecule has 0 aliphatic heterocycles. The standard InChI is InChI=1S/C15H20N4O3/c1-21-9-6-16-11-12-14(17-7-10-22-2)18-13-5-3-4-8-19(13)15(12)20/h3-5,8,11,17H,6-7,9-10H2,1-2H3. The van der Waals surface area contributed by atoms with Gasteiger partial charge in [-0.05, 0) is 12.1 Å². The lowest BCUT2D eigenvalue weighted by molar-refractivity contribution is 0.208. The maximum Gasteiger partial charge on any atom is 0.268 e.